The summed E-state index contributed by atoms with van der Waals surface area (Å²) >= 11 is 0. The second kappa shape index (κ2) is 11.1. The summed E-state index contributed by atoms with van der Waals surface area (Å²) in [4.78, 5) is 18.6. The number of hydrogen-bond acceptors (Lipinski definition) is 4. The molecule has 1 aliphatic heterocycles. The van der Waals surface area contributed by atoms with Crippen molar-refractivity contribution in [2.24, 2.45) is 5.41 Å². The van der Waals surface area contributed by atoms with Crippen molar-refractivity contribution in [3.05, 3.63) is 71.7 Å². The number of ether oxygens (including phenoxy) is 1. The van der Waals surface area contributed by atoms with Crippen LogP contribution >= 0.6 is 0 Å². The third kappa shape index (κ3) is 5.78. The van der Waals surface area contributed by atoms with E-state index in [0.717, 1.165) is 25.6 Å². The van der Waals surface area contributed by atoms with Crippen LogP contribution < -0.4 is 4.74 Å². The molecule has 0 aliphatic carbocycles. The molecule has 0 unspecified atom stereocenters. The van der Waals surface area contributed by atoms with E-state index in [9.17, 15) is 14.3 Å². The number of carboxylic acid groups (broad SMARTS) is 1. The Hall–Kier alpha value is -3.06. The summed E-state index contributed by atoms with van der Waals surface area (Å²) in [6.45, 7) is 2.25. The number of hydrogen-bond donors (Lipinski definition) is 1. The number of aryl methyl sites for hydroxylation is 1. The normalized spacial score (nSPS) is 16.8. The molecule has 1 N–H and O–H groups in total. The Bertz CT molecular complexity index is 1150. The second-order valence-corrected chi connectivity index (χ2v) is 9.43. The first-order valence-corrected chi connectivity index (χ1v) is 12.2. The Labute approximate surface area is 204 Å². The van der Waals surface area contributed by atoms with Crippen LogP contribution in [0, 0.1) is 11.2 Å². The summed E-state index contributed by atoms with van der Waals surface area (Å²) < 4.78 is 35.3. The molecular formula is C28H32F2N2O3. The largest absolute Gasteiger partial charge is 0.497 e. The Balaban J connectivity index is 1.38. The zero-order chi connectivity index (χ0) is 24.8. The summed E-state index contributed by atoms with van der Waals surface area (Å²) in [7, 11) is 1.49. The molecule has 1 atom stereocenters. The van der Waals surface area contributed by atoms with Crippen LogP contribution in [-0.2, 0) is 11.2 Å². The number of methoxy groups -OCH3 is 1. The van der Waals surface area contributed by atoms with Gasteiger partial charge < -0.3 is 14.7 Å². The smallest absolute Gasteiger partial charge is 0.309 e. The quantitative estimate of drug-likeness (QED) is 0.386. The molecule has 0 amide bonds. The highest BCUT2D eigenvalue weighted by Gasteiger charge is 2.41. The number of aliphatic carboxylic acids is 1. The maximum absolute atomic E-state index is 15.4. The predicted molar refractivity (Wildman–Crippen MR) is 132 cm³/mol. The van der Waals surface area contributed by atoms with Gasteiger partial charge in [0, 0.05) is 10.9 Å². The van der Waals surface area contributed by atoms with E-state index in [2.05, 4.69) is 22.0 Å². The molecule has 1 aliphatic rings. The molecule has 3 aromatic rings. The minimum Gasteiger partial charge on any atom is -0.497 e. The van der Waals surface area contributed by atoms with E-state index in [0.29, 0.717) is 42.6 Å². The van der Waals surface area contributed by atoms with Crippen LogP contribution in [0.4, 0.5) is 8.78 Å². The molecule has 0 saturated carbocycles. The van der Waals surface area contributed by atoms with Crippen LogP contribution in [0.25, 0.3) is 10.9 Å². The van der Waals surface area contributed by atoms with Crippen LogP contribution in [0.5, 0.6) is 5.75 Å². The van der Waals surface area contributed by atoms with Gasteiger partial charge in [0.05, 0.1) is 24.2 Å². The molecule has 1 fully saturated rings. The Morgan fingerprint density at radius 3 is 2.63 bits per heavy atom. The second-order valence-electron chi connectivity index (χ2n) is 9.43. The number of benzene rings is 2. The summed E-state index contributed by atoms with van der Waals surface area (Å²) in [5.41, 5.74) is 0.707. The molecule has 1 aromatic heterocycles. The van der Waals surface area contributed by atoms with Gasteiger partial charge in [-0.25, -0.2) is 8.78 Å². The van der Waals surface area contributed by atoms with Crippen LogP contribution in [0.1, 0.15) is 49.4 Å². The third-order valence-electron chi connectivity index (χ3n) is 7.31. The van der Waals surface area contributed by atoms with Crippen molar-refractivity contribution in [3.8, 4) is 5.75 Å². The van der Waals surface area contributed by atoms with Crippen LogP contribution in [-0.4, -0.2) is 47.7 Å². The lowest BCUT2D eigenvalue weighted by Crippen LogP contribution is -2.44. The van der Waals surface area contributed by atoms with Crippen molar-refractivity contribution >= 4 is 16.9 Å². The number of nitrogens with zero attached hydrogens (tertiary/aromatic N) is 2. The van der Waals surface area contributed by atoms with Gasteiger partial charge in [-0.2, -0.15) is 0 Å². The zero-order valence-electron chi connectivity index (χ0n) is 20.1. The summed E-state index contributed by atoms with van der Waals surface area (Å²) in [5.74, 6) is -1.13. The van der Waals surface area contributed by atoms with Gasteiger partial charge in [0.1, 0.15) is 17.7 Å². The lowest BCUT2D eigenvalue weighted by atomic mass is 9.74. The molecule has 0 radical (unpaired) electrons. The Morgan fingerprint density at radius 2 is 1.94 bits per heavy atom. The van der Waals surface area contributed by atoms with Gasteiger partial charge in [0.15, 0.2) is 0 Å². The number of carbonyl (C=O) groups is 1. The van der Waals surface area contributed by atoms with E-state index in [-0.39, 0.29) is 18.4 Å². The summed E-state index contributed by atoms with van der Waals surface area (Å²) in [5, 5.41) is 10.4. The van der Waals surface area contributed by atoms with Crippen LogP contribution in [0.3, 0.4) is 0 Å². The molecule has 1 saturated heterocycles. The van der Waals surface area contributed by atoms with Gasteiger partial charge in [-0.05, 0) is 81.9 Å². The zero-order valence-corrected chi connectivity index (χ0v) is 20.1. The lowest BCUT2D eigenvalue weighted by Gasteiger charge is -2.39. The average Bonchev–Trinajstić information content (AvgIpc) is 2.88. The topological polar surface area (TPSA) is 62.7 Å². The molecule has 186 valence electrons. The van der Waals surface area contributed by atoms with Crippen molar-refractivity contribution in [2.75, 3.05) is 26.7 Å². The van der Waals surface area contributed by atoms with Gasteiger partial charge in [-0.15, -0.1) is 0 Å². The minimum atomic E-state index is -1.63. The Morgan fingerprint density at radius 1 is 1.20 bits per heavy atom. The van der Waals surface area contributed by atoms with E-state index in [1.807, 2.05) is 18.2 Å². The van der Waals surface area contributed by atoms with Crippen LogP contribution in [0.2, 0.25) is 0 Å². The summed E-state index contributed by atoms with van der Waals surface area (Å²) in [6.07, 6.45) is 2.42. The molecule has 2 aromatic carbocycles. The number of halogens is 2. The molecule has 5 nitrogen and oxygen atoms in total. The van der Waals surface area contributed by atoms with Crippen molar-refractivity contribution in [1.82, 2.24) is 9.88 Å². The molecule has 7 heteroatoms. The molecular weight excluding hydrogens is 450 g/mol. The van der Waals surface area contributed by atoms with Gasteiger partial charge in [0.25, 0.3) is 0 Å². The van der Waals surface area contributed by atoms with Crippen LogP contribution in [0.15, 0.2) is 54.7 Å². The first-order chi connectivity index (χ1) is 16.9. The number of carboxylic acids is 1. The van der Waals surface area contributed by atoms with Gasteiger partial charge in [0.2, 0.25) is 0 Å². The maximum Gasteiger partial charge on any atom is 0.309 e. The SMILES string of the molecule is COc1ccc2ncc(F)c([C@H](F)CCC3(C(=O)O)CCN(CCCc4ccccc4)CC3)c2c1. The minimum absolute atomic E-state index is 0.0620. The fourth-order valence-corrected chi connectivity index (χ4v) is 5.09. The number of aromatic nitrogens is 1. The Kier molecular flexibility index (Phi) is 7.96. The summed E-state index contributed by atoms with van der Waals surface area (Å²) in [6, 6.07) is 15.2. The monoisotopic (exact) mass is 482 g/mol. The molecule has 2 heterocycles. The third-order valence-corrected chi connectivity index (χ3v) is 7.31. The molecule has 0 spiro atoms. The molecule has 0 bridgehead atoms. The first-order valence-electron chi connectivity index (χ1n) is 12.2. The van der Waals surface area contributed by atoms with Crippen molar-refractivity contribution < 1.29 is 23.4 Å². The highest BCUT2D eigenvalue weighted by molar-refractivity contribution is 5.84. The van der Waals surface area contributed by atoms with E-state index in [1.54, 1.807) is 18.2 Å². The number of alkyl halides is 1. The fourth-order valence-electron chi connectivity index (χ4n) is 5.09. The number of likely N-dealkylation sites (tertiary alicyclic amines) is 1. The average molecular weight is 483 g/mol. The van der Waals surface area contributed by atoms with Gasteiger partial charge >= 0.3 is 5.97 Å². The van der Waals surface area contributed by atoms with E-state index >= 15 is 4.39 Å². The molecule has 35 heavy (non-hydrogen) atoms. The standard InChI is InChI=1S/C28H32F2N2O3/c1-35-21-9-10-25-22(18-21)26(24(30)19-31-25)23(29)11-12-28(27(33)34)13-16-32(17-14-28)15-5-8-20-6-3-2-4-7-20/h2-4,6-7,9-10,18-19,23H,5,8,11-17H2,1H3,(H,33,34)/t23-/m1/s1. The van der Waals surface area contributed by atoms with Gasteiger partial charge in [-0.3, -0.25) is 9.78 Å². The number of pyridine rings is 1. The number of rotatable bonds is 10. The number of piperidine rings is 1. The van der Waals surface area contributed by atoms with Gasteiger partial charge in [-0.1, -0.05) is 30.3 Å². The van der Waals surface area contributed by atoms with E-state index < -0.39 is 23.4 Å². The maximum atomic E-state index is 15.4. The van der Waals surface area contributed by atoms with E-state index in [4.69, 9.17) is 4.74 Å². The highest BCUT2D eigenvalue weighted by Crippen LogP contribution is 2.41. The predicted octanol–water partition coefficient (Wildman–Crippen LogP) is 5.97. The van der Waals surface area contributed by atoms with Crippen molar-refractivity contribution in [2.45, 2.75) is 44.7 Å². The lowest BCUT2D eigenvalue weighted by molar-refractivity contribution is -0.153. The highest BCUT2D eigenvalue weighted by atomic mass is 19.1. The fraction of sp³-hybridized carbons (Fsp3) is 0.429. The molecule has 4 rings (SSSR count). The van der Waals surface area contributed by atoms with E-state index in [1.165, 1.54) is 12.7 Å². The first kappa shape index (κ1) is 25.0. The van der Waals surface area contributed by atoms with Crippen molar-refractivity contribution in [1.29, 1.82) is 0 Å². The number of fused-ring (bicyclic) bond motifs is 1. The van der Waals surface area contributed by atoms with Crippen molar-refractivity contribution in [3.63, 3.8) is 0 Å².